The van der Waals surface area contributed by atoms with Crippen molar-refractivity contribution in [3.8, 4) is 0 Å². The van der Waals surface area contributed by atoms with E-state index in [1.165, 1.54) is 12.1 Å². The molecule has 2 rings (SSSR count). The topological polar surface area (TPSA) is 81.8 Å². The molecule has 0 fully saturated rings. The molecule has 0 aliphatic carbocycles. The maximum atomic E-state index is 11.7. The summed E-state index contributed by atoms with van der Waals surface area (Å²) in [5.41, 5.74) is 1.49. The number of carbonyl (C=O) groups is 1. The summed E-state index contributed by atoms with van der Waals surface area (Å²) in [6.07, 6.45) is 0. The molecule has 106 valence electrons. The molecule has 0 bridgehead atoms. The van der Waals surface area contributed by atoms with E-state index in [2.05, 4.69) is 5.16 Å². The van der Waals surface area contributed by atoms with Gasteiger partial charge in [-0.2, -0.15) is 0 Å². The van der Waals surface area contributed by atoms with Crippen LogP contribution in [0.15, 0.2) is 59.8 Å². The van der Waals surface area contributed by atoms with Crippen LogP contribution in [0.25, 0.3) is 0 Å². The SMILES string of the molecule is CC(=NOC(=O)c1ccccc1)c1ccc([N+](=O)[O-])cc1. The third-order valence-corrected chi connectivity index (χ3v) is 2.77. The van der Waals surface area contributed by atoms with Gasteiger partial charge in [0, 0.05) is 12.1 Å². The van der Waals surface area contributed by atoms with E-state index >= 15 is 0 Å². The van der Waals surface area contributed by atoms with E-state index in [9.17, 15) is 14.9 Å². The average Bonchev–Trinajstić information content (AvgIpc) is 2.53. The zero-order valence-corrected chi connectivity index (χ0v) is 11.2. The fourth-order valence-corrected chi connectivity index (χ4v) is 1.61. The Labute approximate surface area is 120 Å². The minimum atomic E-state index is -0.558. The van der Waals surface area contributed by atoms with E-state index in [-0.39, 0.29) is 5.69 Å². The van der Waals surface area contributed by atoms with Crippen LogP contribution in [0.5, 0.6) is 0 Å². The first-order chi connectivity index (χ1) is 10.1. The molecule has 0 radical (unpaired) electrons. The third kappa shape index (κ3) is 3.73. The van der Waals surface area contributed by atoms with Gasteiger partial charge in [0.25, 0.3) is 5.69 Å². The highest BCUT2D eigenvalue weighted by atomic mass is 16.7. The predicted molar refractivity (Wildman–Crippen MR) is 77.2 cm³/mol. The summed E-state index contributed by atoms with van der Waals surface area (Å²) in [5, 5.41) is 14.3. The molecule has 0 aliphatic heterocycles. The van der Waals surface area contributed by atoms with Gasteiger partial charge in [-0.1, -0.05) is 23.4 Å². The van der Waals surface area contributed by atoms with Crippen LogP contribution in [0, 0.1) is 10.1 Å². The molecule has 0 aliphatic rings. The van der Waals surface area contributed by atoms with Gasteiger partial charge in [-0.3, -0.25) is 10.1 Å². The van der Waals surface area contributed by atoms with Crippen LogP contribution >= 0.6 is 0 Å². The fraction of sp³-hybridized carbons (Fsp3) is 0.0667. The van der Waals surface area contributed by atoms with Crippen molar-refractivity contribution in [1.29, 1.82) is 0 Å². The van der Waals surface area contributed by atoms with Gasteiger partial charge in [-0.15, -0.1) is 0 Å². The molecule has 21 heavy (non-hydrogen) atoms. The lowest BCUT2D eigenvalue weighted by atomic mass is 10.1. The molecule has 0 saturated heterocycles. The minimum absolute atomic E-state index is 0.00664. The Morgan fingerprint density at radius 1 is 1.05 bits per heavy atom. The molecule has 0 spiro atoms. The van der Waals surface area contributed by atoms with Crippen LogP contribution < -0.4 is 0 Å². The number of carbonyl (C=O) groups excluding carboxylic acids is 1. The molecule has 0 unspecified atom stereocenters. The van der Waals surface area contributed by atoms with Crippen molar-refractivity contribution in [2.24, 2.45) is 5.16 Å². The molecule has 0 amide bonds. The quantitative estimate of drug-likeness (QED) is 0.373. The zero-order chi connectivity index (χ0) is 15.2. The molecule has 6 heteroatoms. The summed E-state index contributed by atoms with van der Waals surface area (Å²) >= 11 is 0. The van der Waals surface area contributed by atoms with Crippen molar-refractivity contribution in [2.45, 2.75) is 6.92 Å². The van der Waals surface area contributed by atoms with Crippen LogP contribution in [0.4, 0.5) is 5.69 Å². The lowest BCUT2D eigenvalue weighted by Crippen LogP contribution is -2.03. The molecular weight excluding hydrogens is 272 g/mol. The number of nitrogens with zero attached hydrogens (tertiary/aromatic N) is 2. The Morgan fingerprint density at radius 3 is 2.24 bits per heavy atom. The first kappa shape index (κ1) is 14.4. The van der Waals surface area contributed by atoms with E-state index in [1.54, 1.807) is 49.4 Å². The Hall–Kier alpha value is -3.02. The summed E-state index contributed by atoms with van der Waals surface area (Å²) < 4.78 is 0. The van der Waals surface area contributed by atoms with Crippen LogP contribution in [0.1, 0.15) is 22.8 Å². The van der Waals surface area contributed by atoms with Crippen LogP contribution in [-0.2, 0) is 4.84 Å². The summed E-state index contributed by atoms with van der Waals surface area (Å²) in [7, 11) is 0. The van der Waals surface area contributed by atoms with Crippen LogP contribution in [0.3, 0.4) is 0 Å². The van der Waals surface area contributed by atoms with Crippen molar-refractivity contribution in [3.63, 3.8) is 0 Å². The summed E-state index contributed by atoms with van der Waals surface area (Å²) in [5.74, 6) is -0.558. The van der Waals surface area contributed by atoms with E-state index in [4.69, 9.17) is 4.84 Å². The Kier molecular flexibility index (Phi) is 4.40. The summed E-state index contributed by atoms with van der Waals surface area (Å²) in [4.78, 5) is 26.6. The highest BCUT2D eigenvalue weighted by Crippen LogP contribution is 2.13. The molecule has 0 heterocycles. The van der Waals surface area contributed by atoms with Crippen molar-refractivity contribution in [3.05, 3.63) is 75.8 Å². The molecule has 0 aromatic heterocycles. The van der Waals surface area contributed by atoms with Gasteiger partial charge < -0.3 is 4.84 Å². The predicted octanol–water partition coefficient (Wildman–Crippen LogP) is 3.18. The monoisotopic (exact) mass is 284 g/mol. The number of oxime groups is 1. The van der Waals surface area contributed by atoms with Gasteiger partial charge in [-0.05, 0) is 36.8 Å². The highest BCUT2D eigenvalue weighted by Gasteiger charge is 2.08. The lowest BCUT2D eigenvalue weighted by molar-refractivity contribution is -0.384. The Bertz CT molecular complexity index is 679. The molecule has 2 aromatic rings. The zero-order valence-electron chi connectivity index (χ0n) is 11.2. The smallest absolute Gasteiger partial charge is 0.313 e. The maximum absolute atomic E-state index is 11.7. The molecule has 0 saturated carbocycles. The van der Waals surface area contributed by atoms with Gasteiger partial charge >= 0.3 is 5.97 Å². The standard InChI is InChI=1S/C15H12N2O4/c1-11(12-7-9-14(10-8-12)17(19)20)16-21-15(18)13-5-3-2-4-6-13/h2-10H,1H3. The second-order valence-electron chi connectivity index (χ2n) is 4.23. The molecule has 0 atom stereocenters. The highest BCUT2D eigenvalue weighted by molar-refractivity contribution is 5.99. The van der Waals surface area contributed by atoms with E-state index in [0.29, 0.717) is 16.8 Å². The molecule has 0 N–H and O–H groups in total. The average molecular weight is 284 g/mol. The largest absolute Gasteiger partial charge is 0.365 e. The van der Waals surface area contributed by atoms with Gasteiger partial charge in [-0.25, -0.2) is 4.79 Å². The van der Waals surface area contributed by atoms with Crippen LogP contribution in [-0.4, -0.2) is 16.6 Å². The maximum Gasteiger partial charge on any atom is 0.365 e. The molecule has 2 aromatic carbocycles. The third-order valence-electron chi connectivity index (χ3n) is 2.77. The van der Waals surface area contributed by atoms with Crippen molar-refractivity contribution >= 4 is 17.4 Å². The Morgan fingerprint density at radius 2 is 1.67 bits per heavy atom. The van der Waals surface area contributed by atoms with Gasteiger partial charge in [0.05, 0.1) is 16.2 Å². The van der Waals surface area contributed by atoms with E-state index in [0.717, 1.165) is 0 Å². The van der Waals surface area contributed by atoms with Gasteiger partial charge in [0.2, 0.25) is 0 Å². The number of nitro benzene ring substituents is 1. The van der Waals surface area contributed by atoms with Gasteiger partial charge in [0.15, 0.2) is 0 Å². The minimum Gasteiger partial charge on any atom is -0.313 e. The number of rotatable bonds is 4. The lowest BCUT2D eigenvalue weighted by Gasteiger charge is -2.01. The first-order valence-corrected chi connectivity index (χ1v) is 6.14. The van der Waals surface area contributed by atoms with Crippen molar-refractivity contribution in [1.82, 2.24) is 0 Å². The fourth-order valence-electron chi connectivity index (χ4n) is 1.61. The summed E-state index contributed by atoms with van der Waals surface area (Å²) in [6.45, 7) is 1.65. The van der Waals surface area contributed by atoms with Gasteiger partial charge in [0.1, 0.15) is 0 Å². The first-order valence-electron chi connectivity index (χ1n) is 6.14. The number of benzene rings is 2. The molecule has 6 nitrogen and oxygen atoms in total. The van der Waals surface area contributed by atoms with Crippen molar-refractivity contribution in [2.75, 3.05) is 0 Å². The normalized spacial score (nSPS) is 11.0. The molecular formula is C15H12N2O4. The Balaban J connectivity index is 2.07. The van der Waals surface area contributed by atoms with Crippen LogP contribution in [0.2, 0.25) is 0 Å². The second kappa shape index (κ2) is 6.42. The number of hydrogen-bond acceptors (Lipinski definition) is 5. The number of non-ortho nitro benzene ring substituents is 1. The van der Waals surface area contributed by atoms with E-state index < -0.39 is 10.9 Å². The summed E-state index contributed by atoms with van der Waals surface area (Å²) in [6, 6.07) is 14.3. The van der Waals surface area contributed by atoms with E-state index in [1.807, 2.05) is 0 Å². The van der Waals surface area contributed by atoms with Crippen molar-refractivity contribution < 1.29 is 14.6 Å². The second-order valence-corrected chi connectivity index (χ2v) is 4.23. The number of nitro groups is 1. The number of hydrogen-bond donors (Lipinski definition) is 0.